The van der Waals surface area contributed by atoms with Crippen molar-refractivity contribution < 1.29 is 9.47 Å². The van der Waals surface area contributed by atoms with Gasteiger partial charge in [-0.05, 0) is 18.4 Å². The van der Waals surface area contributed by atoms with Gasteiger partial charge in [0.25, 0.3) is 0 Å². The van der Waals surface area contributed by atoms with Crippen LogP contribution in [0.5, 0.6) is 0 Å². The first-order valence-electron chi connectivity index (χ1n) is 8.30. The van der Waals surface area contributed by atoms with E-state index in [1.807, 2.05) is 0 Å². The van der Waals surface area contributed by atoms with Crippen LogP contribution in [0.2, 0.25) is 13.1 Å². The summed E-state index contributed by atoms with van der Waals surface area (Å²) in [7, 11) is -1.60. The van der Waals surface area contributed by atoms with E-state index in [-0.39, 0.29) is 0 Å². The van der Waals surface area contributed by atoms with Gasteiger partial charge in [0.05, 0.1) is 19.8 Å². The lowest BCUT2D eigenvalue weighted by atomic mass is 10.2. The lowest BCUT2D eigenvalue weighted by Gasteiger charge is -2.10. The summed E-state index contributed by atoms with van der Waals surface area (Å²) in [6, 6.07) is 0. The fraction of sp³-hybridized carbons (Fsp3) is 0.733. The normalized spacial score (nSPS) is 11.3. The van der Waals surface area contributed by atoms with E-state index in [1.54, 1.807) is 24.2 Å². The Hall–Kier alpha value is -0.833. The number of ether oxygens (including phenoxy) is 2. The van der Waals surface area contributed by atoms with Crippen molar-refractivity contribution in [2.45, 2.75) is 44.1 Å². The quantitative estimate of drug-likeness (QED) is 0.0662. The van der Waals surface area contributed by atoms with Crippen LogP contribution in [0.25, 0.3) is 10.4 Å². The second kappa shape index (κ2) is 13.4. The summed E-state index contributed by atoms with van der Waals surface area (Å²) in [5, 5.41) is 5.14. The number of halogens is 1. The molecule has 0 aliphatic heterocycles. The molecule has 140 valence electrons. The lowest BCUT2D eigenvalue weighted by Crippen LogP contribution is -2.20. The van der Waals surface area contributed by atoms with E-state index in [2.05, 4.69) is 33.1 Å². The van der Waals surface area contributed by atoms with E-state index in [0.717, 1.165) is 35.4 Å². The molecular formula is C15H26ClN5O2SSi. The van der Waals surface area contributed by atoms with E-state index in [0.29, 0.717) is 33.0 Å². The van der Waals surface area contributed by atoms with Crippen molar-refractivity contribution in [1.82, 2.24) is 9.97 Å². The van der Waals surface area contributed by atoms with Gasteiger partial charge in [-0.2, -0.15) is 11.1 Å². The van der Waals surface area contributed by atoms with Gasteiger partial charge in [0.1, 0.15) is 0 Å². The fourth-order valence-corrected chi connectivity index (χ4v) is 4.38. The number of hydrogen-bond acceptors (Lipinski definition) is 6. The van der Waals surface area contributed by atoms with Crippen molar-refractivity contribution in [2.75, 3.05) is 31.7 Å². The van der Waals surface area contributed by atoms with Gasteiger partial charge in [0, 0.05) is 41.4 Å². The predicted octanol–water partition coefficient (Wildman–Crippen LogP) is 4.57. The zero-order chi connectivity index (χ0) is 18.4. The molecule has 0 radical (unpaired) electrons. The van der Waals surface area contributed by atoms with Crippen LogP contribution in [0.4, 0.5) is 0 Å². The molecule has 0 unspecified atom stereocenters. The van der Waals surface area contributed by atoms with Gasteiger partial charge in [-0.15, -0.1) is 0 Å². The van der Waals surface area contributed by atoms with Gasteiger partial charge >= 0.3 is 0 Å². The minimum atomic E-state index is -1.60. The van der Waals surface area contributed by atoms with Crippen molar-refractivity contribution in [3.8, 4) is 0 Å². The van der Waals surface area contributed by atoms with Gasteiger partial charge in [-0.3, -0.25) is 0 Å². The Kier molecular flexibility index (Phi) is 11.9. The van der Waals surface area contributed by atoms with Gasteiger partial charge in [-0.1, -0.05) is 36.4 Å². The second-order valence-electron chi connectivity index (χ2n) is 6.06. The van der Waals surface area contributed by atoms with E-state index < -0.39 is 7.38 Å². The minimum absolute atomic E-state index is 0.482. The average Bonchev–Trinajstić information content (AvgIpc) is 2.58. The summed E-state index contributed by atoms with van der Waals surface area (Å²) >= 11 is 7.89. The average molecular weight is 404 g/mol. The number of unbranched alkanes of at least 4 members (excludes halogenated alkanes) is 2. The highest BCUT2D eigenvalue weighted by molar-refractivity contribution is 8.01. The monoisotopic (exact) mass is 403 g/mol. The molecule has 0 spiro atoms. The van der Waals surface area contributed by atoms with Gasteiger partial charge in [0.2, 0.25) is 0 Å². The van der Waals surface area contributed by atoms with Crippen LogP contribution in [0.3, 0.4) is 0 Å². The molecule has 0 bridgehead atoms. The molecule has 1 aromatic rings. The standard InChI is InChI=1S/C15H26ClN5O2SSi/c1-25(2,16)13-24-15-18-10-14(11-19-15)12-23-9-8-22-7-5-3-4-6-20-21-17/h10-11H,3-9,12-13H2,1-2H3. The SMILES string of the molecule is C[Si](C)(Cl)CSc1ncc(COCCOCCCCCN=[N+]=[N-])cn1. The smallest absolute Gasteiger partial charge is 0.187 e. The molecule has 0 aliphatic carbocycles. The van der Waals surface area contributed by atoms with Gasteiger partial charge < -0.3 is 9.47 Å². The van der Waals surface area contributed by atoms with Crippen LogP contribution in [-0.4, -0.2) is 49.1 Å². The highest BCUT2D eigenvalue weighted by Crippen LogP contribution is 2.20. The van der Waals surface area contributed by atoms with Crippen LogP contribution >= 0.6 is 22.8 Å². The Labute approximate surface area is 159 Å². The fourth-order valence-electron chi connectivity index (χ4n) is 1.75. The molecule has 0 aliphatic rings. The number of hydrogen-bond donors (Lipinski definition) is 0. The molecule has 0 fully saturated rings. The van der Waals surface area contributed by atoms with Crippen LogP contribution in [0.15, 0.2) is 22.7 Å². The molecule has 25 heavy (non-hydrogen) atoms. The molecule has 7 nitrogen and oxygen atoms in total. The maximum atomic E-state index is 8.15. The third-order valence-electron chi connectivity index (χ3n) is 2.98. The zero-order valence-electron chi connectivity index (χ0n) is 14.9. The third-order valence-corrected chi connectivity index (χ3v) is 7.75. The topological polar surface area (TPSA) is 93.0 Å². The van der Waals surface area contributed by atoms with E-state index in [1.165, 1.54) is 0 Å². The highest BCUT2D eigenvalue weighted by Gasteiger charge is 2.17. The first kappa shape index (κ1) is 22.2. The Morgan fingerprint density at radius 1 is 1.16 bits per heavy atom. The number of nitrogens with zero attached hydrogens (tertiary/aromatic N) is 5. The van der Waals surface area contributed by atoms with Crippen LogP contribution < -0.4 is 0 Å². The van der Waals surface area contributed by atoms with Gasteiger partial charge in [0.15, 0.2) is 12.5 Å². The molecule has 0 saturated carbocycles. The Morgan fingerprint density at radius 3 is 2.56 bits per heavy atom. The third kappa shape index (κ3) is 13.1. The van der Waals surface area contributed by atoms with Crippen LogP contribution in [-0.2, 0) is 16.1 Å². The molecule has 1 aromatic heterocycles. The molecule has 0 aromatic carbocycles. The first-order valence-corrected chi connectivity index (χ1v) is 13.5. The molecular weight excluding hydrogens is 378 g/mol. The number of aromatic nitrogens is 2. The molecule has 0 atom stereocenters. The summed E-state index contributed by atoms with van der Waals surface area (Å²) in [5.41, 5.74) is 9.09. The maximum Gasteiger partial charge on any atom is 0.187 e. The zero-order valence-corrected chi connectivity index (χ0v) is 17.4. The lowest BCUT2D eigenvalue weighted by molar-refractivity contribution is 0.0391. The number of azide groups is 1. The number of rotatable bonds is 14. The van der Waals surface area contributed by atoms with Crippen molar-refractivity contribution in [3.05, 3.63) is 28.4 Å². The molecule has 0 amide bonds. The Bertz CT molecular complexity index is 524. The number of thioether (sulfide) groups is 1. The summed E-state index contributed by atoms with van der Waals surface area (Å²) in [6.07, 6.45) is 6.47. The molecule has 10 heteroatoms. The molecule has 0 N–H and O–H groups in total. The summed E-state index contributed by atoms with van der Waals surface area (Å²) in [6.45, 7) is 7.07. The predicted molar refractivity (Wildman–Crippen MR) is 104 cm³/mol. The Balaban J connectivity index is 2.02. The molecule has 1 rings (SSSR count). The van der Waals surface area contributed by atoms with Gasteiger partial charge in [-0.25, -0.2) is 9.97 Å². The minimum Gasteiger partial charge on any atom is -0.379 e. The molecule has 0 saturated heterocycles. The summed E-state index contributed by atoms with van der Waals surface area (Å²) in [4.78, 5) is 11.4. The second-order valence-corrected chi connectivity index (χ2v) is 14.4. The van der Waals surface area contributed by atoms with Crippen LogP contribution in [0.1, 0.15) is 24.8 Å². The van der Waals surface area contributed by atoms with Crippen LogP contribution in [0, 0.1) is 0 Å². The highest BCUT2D eigenvalue weighted by atomic mass is 35.6. The van der Waals surface area contributed by atoms with Crippen molar-refractivity contribution in [2.24, 2.45) is 5.11 Å². The largest absolute Gasteiger partial charge is 0.379 e. The van der Waals surface area contributed by atoms with E-state index >= 15 is 0 Å². The van der Waals surface area contributed by atoms with Crippen molar-refractivity contribution >= 4 is 30.2 Å². The summed E-state index contributed by atoms with van der Waals surface area (Å²) in [5.74, 6) is 0. The Morgan fingerprint density at radius 2 is 1.88 bits per heavy atom. The summed E-state index contributed by atoms with van der Waals surface area (Å²) < 4.78 is 11.0. The first-order chi connectivity index (χ1) is 12.0. The molecule has 1 heterocycles. The van der Waals surface area contributed by atoms with Crippen molar-refractivity contribution in [1.29, 1.82) is 0 Å². The van der Waals surface area contributed by atoms with E-state index in [9.17, 15) is 0 Å². The van der Waals surface area contributed by atoms with E-state index in [4.69, 9.17) is 26.1 Å². The van der Waals surface area contributed by atoms with Crippen molar-refractivity contribution in [3.63, 3.8) is 0 Å². The maximum absolute atomic E-state index is 8.15.